The van der Waals surface area contributed by atoms with Gasteiger partial charge in [0.15, 0.2) is 11.5 Å². The molecule has 0 atom stereocenters. The minimum atomic E-state index is -0.207. The number of hydrogen-bond acceptors (Lipinski definition) is 7. The molecule has 0 radical (unpaired) electrons. The highest BCUT2D eigenvalue weighted by Crippen LogP contribution is 2.37. The molecule has 9 nitrogen and oxygen atoms in total. The molecule has 1 N–H and O–H groups in total. The zero-order valence-electron chi connectivity index (χ0n) is 16.1. The van der Waals surface area contributed by atoms with Gasteiger partial charge in [0, 0.05) is 39.2 Å². The van der Waals surface area contributed by atoms with Crippen molar-refractivity contribution >= 4 is 28.4 Å². The lowest BCUT2D eigenvalue weighted by molar-refractivity contribution is -0.116. The summed E-state index contributed by atoms with van der Waals surface area (Å²) in [6.07, 6.45) is 1.02. The topological polar surface area (TPSA) is 96.9 Å². The van der Waals surface area contributed by atoms with Crippen molar-refractivity contribution in [1.82, 2.24) is 20.0 Å². The van der Waals surface area contributed by atoms with Crippen molar-refractivity contribution in [3.63, 3.8) is 0 Å². The van der Waals surface area contributed by atoms with Crippen molar-refractivity contribution < 1.29 is 19.1 Å². The number of carbonyl (C=O) groups excluding carboxylic acids is 2. The van der Waals surface area contributed by atoms with Gasteiger partial charge in [-0.05, 0) is 24.6 Å². The molecular weight excluding hydrogens is 382 g/mol. The van der Waals surface area contributed by atoms with Crippen LogP contribution in [-0.2, 0) is 4.79 Å². The molecule has 1 aliphatic heterocycles. The summed E-state index contributed by atoms with van der Waals surface area (Å²) in [5, 5.41) is 12.0. The van der Waals surface area contributed by atoms with Gasteiger partial charge in [-0.15, -0.1) is 10.2 Å². The molecule has 1 aromatic heterocycles. The third-order valence-corrected chi connectivity index (χ3v) is 4.93. The van der Waals surface area contributed by atoms with E-state index in [4.69, 9.17) is 9.47 Å². The summed E-state index contributed by atoms with van der Waals surface area (Å²) in [6.45, 7) is 3.17. The van der Waals surface area contributed by atoms with Crippen LogP contribution >= 0.6 is 11.3 Å². The number of aromatic nitrogens is 2. The molecule has 1 aliphatic rings. The first-order chi connectivity index (χ1) is 13.5. The summed E-state index contributed by atoms with van der Waals surface area (Å²) in [7, 11) is 3.40. The quantitative estimate of drug-likeness (QED) is 0.761. The van der Waals surface area contributed by atoms with Gasteiger partial charge in [0.05, 0.1) is 0 Å². The molecule has 1 aromatic carbocycles. The highest BCUT2D eigenvalue weighted by atomic mass is 32.1. The van der Waals surface area contributed by atoms with Crippen LogP contribution in [0.25, 0.3) is 10.6 Å². The van der Waals surface area contributed by atoms with Crippen LogP contribution in [0.3, 0.4) is 0 Å². The highest BCUT2D eigenvalue weighted by molar-refractivity contribution is 7.18. The van der Waals surface area contributed by atoms with Crippen LogP contribution in [0.1, 0.15) is 19.8 Å². The number of amides is 3. The number of nitrogens with one attached hydrogen (secondary N) is 1. The lowest BCUT2D eigenvalue weighted by Gasteiger charge is -2.25. The summed E-state index contributed by atoms with van der Waals surface area (Å²) >= 11 is 1.28. The molecule has 150 valence electrons. The maximum atomic E-state index is 12.3. The van der Waals surface area contributed by atoms with E-state index in [-0.39, 0.29) is 25.2 Å². The highest BCUT2D eigenvalue weighted by Gasteiger charge is 2.18. The van der Waals surface area contributed by atoms with Gasteiger partial charge >= 0.3 is 6.03 Å². The molecule has 28 heavy (non-hydrogen) atoms. The SMILES string of the molecule is CCCN(CCC(=O)Nc1nnc(-c2ccc3c(c2)OCO3)s1)C(=O)N(C)C. The van der Waals surface area contributed by atoms with Crippen molar-refractivity contribution in [3.8, 4) is 22.1 Å². The fraction of sp³-hybridized carbons (Fsp3) is 0.444. The van der Waals surface area contributed by atoms with Gasteiger partial charge in [0.2, 0.25) is 17.8 Å². The lowest BCUT2D eigenvalue weighted by Crippen LogP contribution is -2.41. The molecule has 2 heterocycles. The molecule has 0 fully saturated rings. The Morgan fingerprint density at radius 1 is 1.18 bits per heavy atom. The summed E-state index contributed by atoms with van der Waals surface area (Å²) in [5.74, 6) is 1.16. The summed E-state index contributed by atoms with van der Waals surface area (Å²) in [5.41, 5.74) is 0.841. The van der Waals surface area contributed by atoms with Gasteiger partial charge in [-0.2, -0.15) is 0 Å². The maximum Gasteiger partial charge on any atom is 0.319 e. The number of fused-ring (bicyclic) bond motifs is 1. The van der Waals surface area contributed by atoms with Crippen molar-refractivity contribution in [2.24, 2.45) is 0 Å². The van der Waals surface area contributed by atoms with Gasteiger partial charge in [-0.1, -0.05) is 18.3 Å². The van der Waals surface area contributed by atoms with E-state index in [1.54, 1.807) is 19.0 Å². The van der Waals surface area contributed by atoms with Crippen molar-refractivity contribution in [1.29, 1.82) is 0 Å². The predicted octanol–water partition coefficient (Wildman–Crippen LogP) is 2.66. The van der Waals surface area contributed by atoms with E-state index in [0.29, 0.717) is 34.7 Å². The zero-order chi connectivity index (χ0) is 20.1. The fourth-order valence-corrected chi connectivity index (χ4v) is 3.45. The first-order valence-corrected chi connectivity index (χ1v) is 9.79. The number of hydrogen-bond donors (Lipinski definition) is 1. The lowest BCUT2D eigenvalue weighted by atomic mass is 10.2. The van der Waals surface area contributed by atoms with E-state index in [2.05, 4.69) is 15.5 Å². The van der Waals surface area contributed by atoms with Crippen LogP contribution in [0.5, 0.6) is 11.5 Å². The molecule has 0 saturated heterocycles. The average Bonchev–Trinajstić information content (AvgIpc) is 3.33. The molecular formula is C18H23N5O4S. The predicted molar refractivity (Wildman–Crippen MR) is 106 cm³/mol. The average molecular weight is 405 g/mol. The monoisotopic (exact) mass is 405 g/mol. The second-order valence-electron chi connectivity index (χ2n) is 6.44. The van der Waals surface area contributed by atoms with Crippen molar-refractivity contribution in [2.45, 2.75) is 19.8 Å². The van der Waals surface area contributed by atoms with Gasteiger partial charge < -0.3 is 24.6 Å². The molecule has 3 rings (SSSR count). The zero-order valence-corrected chi connectivity index (χ0v) is 16.9. The number of urea groups is 1. The molecule has 0 unspecified atom stereocenters. The third kappa shape index (κ3) is 4.69. The Morgan fingerprint density at radius 2 is 1.96 bits per heavy atom. The molecule has 0 bridgehead atoms. The maximum absolute atomic E-state index is 12.3. The minimum Gasteiger partial charge on any atom is -0.454 e. The van der Waals surface area contributed by atoms with Crippen LogP contribution in [0, 0.1) is 0 Å². The first-order valence-electron chi connectivity index (χ1n) is 8.97. The van der Waals surface area contributed by atoms with Gasteiger partial charge in [-0.25, -0.2) is 4.79 Å². The number of rotatable bonds is 7. The van der Waals surface area contributed by atoms with Crippen LogP contribution in [0.2, 0.25) is 0 Å². The Kier molecular flexibility index (Phi) is 6.30. The molecule has 10 heteroatoms. The van der Waals surface area contributed by atoms with E-state index in [0.717, 1.165) is 12.0 Å². The Hall–Kier alpha value is -2.88. The standard InChI is InChI=1S/C18H23N5O4S/c1-4-8-23(18(25)22(2)3)9-7-15(24)19-17-21-20-16(28-17)12-5-6-13-14(10-12)27-11-26-13/h5-6,10H,4,7-9,11H2,1-3H3,(H,19,21,24). The first kappa shape index (κ1) is 19.9. The van der Waals surface area contributed by atoms with Crippen molar-refractivity contribution in [3.05, 3.63) is 18.2 Å². The molecule has 3 amide bonds. The minimum absolute atomic E-state index is 0.101. The summed E-state index contributed by atoms with van der Waals surface area (Å²) in [6, 6.07) is 5.43. The smallest absolute Gasteiger partial charge is 0.319 e. The van der Waals surface area contributed by atoms with Crippen LogP contribution < -0.4 is 14.8 Å². The van der Waals surface area contributed by atoms with E-state index < -0.39 is 0 Å². The number of benzene rings is 1. The number of anilines is 1. The largest absolute Gasteiger partial charge is 0.454 e. The number of ether oxygens (including phenoxy) is 2. The van der Waals surface area contributed by atoms with Gasteiger partial charge in [0.25, 0.3) is 0 Å². The van der Waals surface area contributed by atoms with E-state index >= 15 is 0 Å². The van der Waals surface area contributed by atoms with Crippen LogP contribution in [-0.4, -0.2) is 65.9 Å². The number of nitrogens with zero attached hydrogens (tertiary/aromatic N) is 4. The van der Waals surface area contributed by atoms with E-state index in [1.165, 1.54) is 16.2 Å². The summed E-state index contributed by atoms with van der Waals surface area (Å²) < 4.78 is 10.7. The van der Waals surface area contributed by atoms with Gasteiger partial charge in [0.1, 0.15) is 5.01 Å². The molecule has 0 spiro atoms. The second kappa shape index (κ2) is 8.87. The second-order valence-corrected chi connectivity index (χ2v) is 7.42. The molecule has 0 aliphatic carbocycles. The number of carbonyl (C=O) groups is 2. The molecule has 2 aromatic rings. The summed E-state index contributed by atoms with van der Waals surface area (Å²) in [4.78, 5) is 27.6. The Balaban J connectivity index is 1.57. The van der Waals surface area contributed by atoms with E-state index in [9.17, 15) is 9.59 Å². The Labute approximate surface area is 167 Å². The van der Waals surface area contributed by atoms with E-state index in [1.807, 2.05) is 25.1 Å². The van der Waals surface area contributed by atoms with Crippen LogP contribution in [0.4, 0.5) is 9.93 Å². The molecule has 0 saturated carbocycles. The van der Waals surface area contributed by atoms with Crippen molar-refractivity contribution in [2.75, 3.05) is 39.3 Å². The van der Waals surface area contributed by atoms with Gasteiger partial charge in [-0.3, -0.25) is 4.79 Å². The normalized spacial score (nSPS) is 12.0. The third-order valence-electron chi connectivity index (χ3n) is 4.05. The van der Waals surface area contributed by atoms with Crippen LogP contribution in [0.15, 0.2) is 18.2 Å². The fourth-order valence-electron chi connectivity index (χ4n) is 2.69. The Morgan fingerprint density at radius 3 is 2.71 bits per heavy atom. The Bertz CT molecular complexity index is 854.